The van der Waals surface area contributed by atoms with Gasteiger partial charge in [0.1, 0.15) is 5.75 Å². The number of hydrogen-bond acceptors (Lipinski definition) is 2. The third kappa shape index (κ3) is 3.28. The predicted molar refractivity (Wildman–Crippen MR) is 80.8 cm³/mol. The molecule has 0 saturated carbocycles. The van der Waals surface area contributed by atoms with Gasteiger partial charge >= 0.3 is 0 Å². The number of benzene rings is 2. The van der Waals surface area contributed by atoms with Crippen LogP contribution in [0.3, 0.4) is 0 Å². The normalized spacial score (nSPS) is 11.9. The van der Waals surface area contributed by atoms with E-state index >= 15 is 0 Å². The maximum Gasteiger partial charge on any atom is 0.124 e. The highest BCUT2D eigenvalue weighted by Gasteiger charge is 2.13. The van der Waals surface area contributed by atoms with Crippen LogP contribution >= 0.6 is 0 Å². The zero-order valence-electron chi connectivity index (χ0n) is 11.8. The summed E-state index contributed by atoms with van der Waals surface area (Å²) in [5.41, 5.74) is 3.62. The van der Waals surface area contributed by atoms with Gasteiger partial charge in [-0.1, -0.05) is 37.3 Å². The van der Waals surface area contributed by atoms with Crippen LogP contribution in [0.4, 0.5) is 5.69 Å². The van der Waals surface area contributed by atoms with Crippen LogP contribution in [0.15, 0.2) is 48.5 Å². The molecular formula is C17H21NO. The molecule has 2 heteroatoms. The van der Waals surface area contributed by atoms with Crippen LogP contribution in [0.5, 0.6) is 5.75 Å². The fourth-order valence-corrected chi connectivity index (χ4v) is 2.29. The molecule has 0 aromatic heterocycles. The second-order valence-corrected chi connectivity index (χ2v) is 4.72. The van der Waals surface area contributed by atoms with Gasteiger partial charge in [-0.25, -0.2) is 0 Å². The van der Waals surface area contributed by atoms with Crippen molar-refractivity contribution in [2.45, 2.75) is 26.3 Å². The van der Waals surface area contributed by atoms with Gasteiger partial charge in [0.25, 0.3) is 0 Å². The van der Waals surface area contributed by atoms with Crippen molar-refractivity contribution in [2.75, 3.05) is 12.4 Å². The molecule has 0 radical (unpaired) electrons. The smallest absolute Gasteiger partial charge is 0.124 e. The Labute approximate surface area is 115 Å². The lowest BCUT2D eigenvalue weighted by atomic mass is 10.0. The maximum atomic E-state index is 5.45. The summed E-state index contributed by atoms with van der Waals surface area (Å²) in [6, 6.07) is 16.9. The molecule has 0 fully saturated rings. The monoisotopic (exact) mass is 255 g/mol. The summed E-state index contributed by atoms with van der Waals surface area (Å²) in [5, 5.41) is 3.58. The van der Waals surface area contributed by atoms with Gasteiger partial charge < -0.3 is 10.1 Å². The van der Waals surface area contributed by atoms with Crippen molar-refractivity contribution in [3.63, 3.8) is 0 Å². The fraction of sp³-hybridized carbons (Fsp3) is 0.294. The molecule has 0 saturated heterocycles. The van der Waals surface area contributed by atoms with E-state index in [2.05, 4.69) is 55.6 Å². The summed E-state index contributed by atoms with van der Waals surface area (Å²) in [6.07, 6.45) is 1.01. The topological polar surface area (TPSA) is 21.3 Å². The minimum atomic E-state index is 0.262. The van der Waals surface area contributed by atoms with E-state index in [9.17, 15) is 0 Å². The molecule has 0 aliphatic rings. The summed E-state index contributed by atoms with van der Waals surface area (Å²) in [5.74, 6) is 0.939. The average Bonchev–Trinajstić information content (AvgIpc) is 2.45. The number of aryl methyl sites for hydroxylation is 1. The lowest BCUT2D eigenvalue weighted by Gasteiger charge is -2.21. The van der Waals surface area contributed by atoms with Crippen LogP contribution in [-0.2, 0) is 0 Å². The summed E-state index contributed by atoms with van der Waals surface area (Å²) in [7, 11) is 1.72. The average molecular weight is 255 g/mol. The first-order valence-corrected chi connectivity index (χ1v) is 6.70. The SMILES string of the molecule is CCC(Nc1cccc(C)c1)c1ccccc1OC. The van der Waals surface area contributed by atoms with E-state index in [-0.39, 0.29) is 6.04 Å². The highest BCUT2D eigenvalue weighted by atomic mass is 16.5. The largest absolute Gasteiger partial charge is 0.496 e. The van der Waals surface area contributed by atoms with Gasteiger partial charge in [0.15, 0.2) is 0 Å². The first-order chi connectivity index (χ1) is 9.24. The van der Waals surface area contributed by atoms with Gasteiger partial charge in [0, 0.05) is 11.3 Å². The Morgan fingerprint density at radius 2 is 1.89 bits per heavy atom. The van der Waals surface area contributed by atoms with E-state index in [1.165, 1.54) is 11.1 Å². The Morgan fingerprint density at radius 1 is 1.11 bits per heavy atom. The molecule has 1 unspecified atom stereocenters. The quantitative estimate of drug-likeness (QED) is 0.845. The molecule has 0 aliphatic heterocycles. The second-order valence-electron chi connectivity index (χ2n) is 4.72. The molecule has 0 amide bonds. The third-order valence-corrected chi connectivity index (χ3v) is 3.28. The van der Waals surface area contributed by atoms with Crippen molar-refractivity contribution < 1.29 is 4.74 Å². The van der Waals surface area contributed by atoms with E-state index in [0.29, 0.717) is 0 Å². The summed E-state index contributed by atoms with van der Waals surface area (Å²) in [6.45, 7) is 4.29. The Morgan fingerprint density at radius 3 is 2.58 bits per heavy atom. The lowest BCUT2D eigenvalue weighted by molar-refractivity contribution is 0.406. The van der Waals surface area contributed by atoms with Gasteiger partial charge in [-0.05, 0) is 37.1 Å². The number of rotatable bonds is 5. The van der Waals surface area contributed by atoms with Gasteiger partial charge in [-0.3, -0.25) is 0 Å². The van der Waals surface area contributed by atoms with Gasteiger partial charge in [-0.15, -0.1) is 0 Å². The minimum Gasteiger partial charge on any atom is -0.496 e. The maximum absolute atomic E-state index is 5.45. The number of para-hydroxylation sites is 1. The number of nitrogens with one attached hydrogen (secondary N) is 1. The summed E-state index contributed by atoms with van der Waals surface area (Å²) >= 11 is 0. The Hall–Kier alpha value is -1.96. The van der Waals surface area contributed by atoms with E-state index in [0.717, 1.165) is 17.9 Å². The predicted octanol–water partition coefficient (Wildman–Crippen LogP) is 4.57. The third-order valence-electron chi connectivity index (χ3n) is 3.28. The van der Waals surface area contributed by atoms with Crippen LogP contribution in [0.25, 0.3) is 0 Å². The first kappa shape index (κ1) is 13.5. The molecule has 0 heterocycles. The van der Waals surface area contributed by atoms with Crippen molar-refractivity contribution in [1.82, 2.24) is 0 Å². The zero-order valence-corrected chi connectivity index (χ0v) is 11.8. The molecule has 0 bridgehead atoms. The molecule has 1 N–H and O–H groups in total. The van der Waals surface area contributed by atoms with Gasteiger partial charge in [0.2, 0.25) is 0 Å². The van der Waals surface area contributed by atoms with Crippen molar-refractivity contribution in [3.8, 4) is 5.75 Å². The van der Waals surface area contributed by atoms with E-state index in [4.69, 9.17) is 4.74 Å². The van der Waals surface area contributed by atoms with Crippen LogP contribution < -0.4 is 10.1 Å². The van der Waals surface area contributed by atoms with Gasteiger partial charge in [-0.2, -0.15) is 0 Å². The molecule has 2 rings (SSSR count). The molecule has 1 atom stereocenters. The Bertz CT molecular complexity index is 536. The van der Waals surface area contributed by atoms with Crippen LogP contribution in [0.2, 0.25) is 0 Å². The van der Waals surface area contributed by atoms with Crippen molar-refractivity contribution in [1.29, 1.82) is 0 Å². The van der Waals surface area contributed by atoms with Crippen LogP contribution in [0.1, 0.15) is 30.5 Å². The van der Waals surface area contributed by atoms with Crippen LogP contribution in [-0.4, -0.2) is 7.11 Å². The zero-order chi connectivity index (χ0) is 13.7. The second kappa shape index (κ2) is 6.28. The number of hydrogen-bond donors (Lipinski definition) is 1. The molecule has 2 nitrogen and oxygen atoms in total. The fourth-order valence-electron chi connectivity index (χ4n) is 2.29. The van der Waals surface area contributed by atoms with Crippen molar-refractivity contribution in [3.05, 3.63) is 59.7 Å². The Balaban J connectivity index is 2.25. The highest BCUT2D eigenvalue weighted by molar-refractivity contribution is 5.49. The molecule has 0 spiro atoms. The molecule has 100 valence electrons. The van der Waals surface area contributed by atoms with E-state index in [1.807, 2.05) is 12.1 Å². The first-order valence-electron chi connectivity index (χ1n) is 6.70. The molecule has 2 aromatic rings. The molecule has 0 aliphatic carbocycles. The Kier molecular flexibility index (Phi) is 4.45. The standard InChI is InChI=1S/C17H21NO/c1-4-16(15-10-5-6-11-17(15)19-3)18-14-9-7-8-13(2)12-14/h5-12,16,18H,4H2,1-3H3. The minimum absolute atomic E-state index is 0.262. The van der Waals surface area contributed by atoms with Crippen LogP contribution in [0, 0.1) is 6.92 Å². The molecular weight excluding hydrogens is 234 g/mol. The van der Waals surface area contributed by atoms with Crippen molar-refractivity contribution in [2.24, 2.45) is 0 Å². The number of ether oxygens (including phenoxy) is 1. The van der Waals surface area contributed by atoms with Crippen molar-refractivity contribution >= 4 is 5.69 Å². The van der Waals surface area contributed by atoms with E-state index in [1.54, 1.807) is 7.11 Å². The lowest BCUT2D eigenvalue weighted by Crippen LogP contribution is -2.11. The van der Waals surface area contributed by atoms with Gasteiger partial charge in [0.05, 0.1) is 13.2 Å². The van der Waals surface area contributed by atoms with E-state index < -0.39 is 0 Å². The number of anilines is 1. The summed E-state index contributed by atoms with van der Waals surface area (Å²) in [4.78, 5) is 0. The molecule has 2 aromatic carbocycles. The highest BCUT2D eigenvalue weighted by Crippen LogP contribution is 2.29. The molecule has 19 heavy (non-hydrogen) atoms. The number of methoxy groups -OCH3 is 1. The summed E-state index contributed by atoms with van der Waals surface area (Å²) < 4.78 is 5.45.